The number of nitrogens with zero attached hydrogens (tertiary/aromatic N) is 2. The first kappa shape index (κ1) is 13.6. The van der Waals surface area contributed by atoms with E-state index in [0.29, 0.717) is 17.1 Å². The zero-order valence-electron chi connectivity index (χ0n) is 12.4. The zero-order valence-corrected chi connectivity index (χ0v) is 13.2. The minimum Gasteiger partial charge on any atom is -0.335 e. The molecule has 1 amide bonds. The molecule has 1 aliphatic heterocycles. The molecule has 3 nitrogen and oxygen atoms in total. The van der Waals surface area contributed by atoms with E-state index in [-0.39, 0.29) is 5.54 Å². The highest BCUT2D eigenvalue weighted by Crippen LogP contribution is 2.66. The van der Waals surface area contributed by atoms with Crippen LogP contribution < -0.4 is 0 Å². The van der Waals surface area contributed by atoms with E-state index in [1.165, 1.54) is 44.1 Å². The SMILES string of the molecule is O=C(CSCc1cccnc1)N1CC2(CCC2)C12CCC2. The quantitative estimate of drug-likeness (QED) is 0.856. The Labute approximate surface area is 130 Å². The summed E-state index contributed by atoms with van der Waals surface area (Å²) < 4.78 is 0. The highest BCUT2D eigenvalue weighted by Gasteiger charge is 2.69. The number of fused-ring (bicyclic) bond motifs is 1. The second-order valence-corrected chi connectivity index (χ2v) is 7.84. The Hall–Kier alpha value is -1.03. The molecule has 112 valence electrons. The van der Waals surface area contributed by atoms with Crippen LogP contribution in [0, 0.1) is 5.41 Å². The van der Waals surface area contributed by atoms with Crippen LogP contribution in [-0.4, -0.2) is 33.6 Å². The molecule has 0 aromatic carbocycles. The van der Waals surface area contributed by atoms with Crippen LogP contribution in [0.15, 0.2) is 24.5 Å². The number of carbonyl (C=O) groups excluding carboxylic acids is 1. The van der Waals surface area contributed by atoms with Crippen LogP contribution >= 0.6 is 11.8 Å². The number of rotatable bonds is 4. The molecule has 1 aromatic heterocycles. The standard InChI is InChI=1S/C17H22N2OS/c20-15(12-21-11-14-4-1-9-18-10-14)19-13-16(5-2-6-16)17(19)7-3-8-17/h1,4,9-10H,2-3,5-8,11-13H2. The van der Waals surface area contributed by atoms with Gasteiger partial charge in [-0.05, 0) is 43.7 Å². The lowest BCUT2D eigenvalue weighted by Gasteiger charge is -2.74. The fraction of sp³-hybridized carbons (Fsp3) is 0.647. The molecule has 3 aliphatic rings. The molecule has 2 heterocycles. The Morgan fingerprint density at radius 2 is 2.10 bits per heavy atom. The van der Waals surface area contributed by atoms with Gasteiger partial charge in [0.05, 0.1) is 11.3 Å². The number of hydrogen-bond donors (Lipinski definition) is 0. The largest absolute Gasteiger partial charge is 0.335 e. The third kappa shape index (κ3) is 1.95. The summed E-state index contributed by atoms with van der Waals surface area (Å²) in [4.78, 5) is 18.9. The van der Waals surface area contributed by atoms with E-state index in [0.717, 1.165) is 12.3 Å². The maximum atomic E-state index is 12.5. The van der Waals surface area contributed by atoms with E-state index in [4.69, 9.17) is 0 Å². The van der Waals surface area contributed by atoms with Crippen molar-refractivity contribution in [2.75, 3.05) is 12.3 Å². The number of carbonyl (C=O) groups is 1. The topological polar surface area (TPSA) is 33.2 Å². The average molecular weight is 302 g/mol. The van der Waals surface area contributed by atoms with Gasteiger partial charge in [0.2, 0.25) is 5.91 Å². The van der Waals surface area contributed by atoms with Crippen molar-refractivity contribution in [2.24, 2.45) is 5.41 Å². The molecule has 21 heavy (non-hydrogen) atoms. The van der Waals surface area contributed by atoms with Gasteiger partial charge < -0.3 is 4.90 Å². The van der Waals surface area contributed by atoms with Gasteiger partial charge in [0.25, 0.3) is 0 Å². The van der Waals surface area contributed by atoms with E-state index in [9.17, 15) is 4.79 Å². The molecule has 0 atom stereocenters. The van der Waals surface area contributed by atoms with Gasteiger partial charge in [-0.15, -0.1) is 11.8 Å². The van der Waals surface area contributed by atoms with Crippen molar-refractivity contribution in [1.82, 2.24) is 9.88 Å². The summed E-state index contributed by atoms with van der Waals surface area (Å²) in [5, 5.41) is 0. The van der Waals surface area contributed by atoms with Crippen LogP contribution in [0.3, 0.4) is 0 Å². The Kier molecular flexibility index (Phi) is 3.25. The van der Waals surface area contributed by atoms with E-state index >= 15 is 0 Å². The molecular formula is C17H22N2OS. The fourth-order valence-electron chi connectivity index (χ4n) is 4.48. The number of amides is 1. The Morgan fingerprint density at radius 1 is 1.29 bits per heavy atom. The first-order valence-electron chi connectivity index (χ1n) is 8.03. The monoisotopic (exact) mass is 302 g/mol. The Balaban J connectivity index is 1.32. The lowest BCUT2D eigenvalue weighted by Crippen LogP contribution is -2.80. The Morgan fingerprint density at radius 3 is 2.67 bits per heavy atom. The van der Waals surface area contributed by atoms with E-state index in [2.05, 4.69) is 16.0 Å². The molecule has 2 saturated carbocycles. The van der Waals surface area contributed by atoms with Gasteiger partial charge in [-0.2, -0.15) is 0 Å². The molecule has 2 spiro atoms. The highest BCUT2D eigenvalue weighted by atomic mass is 32.2. The first-order valence-corrected chi connectivity index (χ1v) is 9.18. The van der Waals surface area contributed by atoms with Crippen LogP contribution in [0.1, 0.15) is 44.1 Å². The van der Waals surface area contributed by atoms with Gasteiger partial charge in [0, 0.05) is 30.1 Å². The smallest absolute Gasteiger partial charge is 0.233 e. The molecule has 0 radical (unpaired) electrons. The summed E-state index contributed by atoms with van der Waals surface area (Å²) in [5.74, 6) is 1.86. The fourth-order valence-corrected chi connectivity index (χ4v) is 5.32. The second-order valence-electron chi connectivity index (χ2n) is 6.85. The van der Waals surface area contributed by atoms with Crippen LogP contribution in [0.4, 0.5) is 0 Å². The second kappa shape index (κ2) is 5.01. The van der Waals surface area contributed by atoms with Crippen molar-refractivity contribution in [3.63, 3.8) is 0 Å². The van der Waals surface area contributed by atoms with Gasteiger partial charge in [0.15, 0.2) is 0 Å². The maximum absolute atomic E-state index is 12.5. The molecule has 1 aromatic rings. The third-order valence-corrected chi connectivity index (χ3v) is 6.96. The van der Waals surface area contributed by atoms with Crippen molar-refractivity contribution in [2.45, 2.75) is 49.8 Å². The first-order chi connectivity index (χ1) is 10.3. The third-order valence-electron chi connectivity index (χ3n) is 5.97. The number of pyridine rings is 1. The van der Waals surface area contributed by atoms with Crippen molar-refractivity contribution in [3.8, 4) is 0 Å². The van der Waals surface area contributed by atoms with Gasteiger partial charge in [-0.3, -0.25) is 9.78 Å². The summed E-state index contributed by atoms with van der Waals surface area (Å²) in [5.41, 5.74) is 2.03. The van der Waals surface area contributed by atoms with E-state index in [1.807, 2.05) is 12.3 Å². The maximum Gasteiger partial charge on any atom is 0.233 e. The minimum atomic E-state index is 0.289. The summed E-state index contributed by atoms with van der Waals surface area (Å²) in [6.07, 6.45) is 11.6. The molecule has 0 unspecified atom stereocenters. The lowest BCUT2D eigenvalue weighted by atomic mass is 9.44. The molecule has 4 rings (SSSR count). The molecule has 1 saturated heterocycles. The number of hydrogen-bond acceptors (Lipinski definition) is 3. The highest BCUT2D eigenvalue weighted by molar-refractivity contribution is 7.99. The van der Waals surface area contributed by atoms with Crippen LogP contribution in [0.2, 0.25) is 0 Å². The van der Waals surface area contributed by atoms with Crippen LogP contribution in [0.25, 0.3) is 0 Å². The molecule has 3 fully saturated rings. The van der Waals surface area contributed by atoms with Crippen molar-refractivity contribution < 1.29 is 4.79 Å². The normalized spacial score (nSPS) is 24.3. The predicted octanol–water partition coefficient (Wildman–Crippen LogP) is 3.25. The Bertz CT molecular complexity index is 537. The number of aromatic nitrogens is 1. The lowest BCUT2D eigenvalue weighted by molar-refractivity contribution is -0.231. The molecule has 2 aliphatic carbocycles. The average Bonchev–Trinajstić information content (AvgIpc) is 2.35. The van der Waals surface area contributed by atoms with E-state index < -0.39 is 0 Å². The van der Waals surface area contributed by atoms with Gasteiger partial charge in [0.1, 0.15) is 0 Å². The minimum absolute atomic E-state index is 0.289. The van der Waals surface area contributed by atoms with Gasteiger partial charge in [-0.25, -0.2) is 0 Å². The van der Waals surface area contributed by atoms with Gasteiger partial charge in [-0.1, -0.05) is 12.5 Å². The van der Waals surface area contributed by atoms with E-state index in [1.54, 1.807) is 18.0 Å². The molecule has 0 N–H and O–H groups in total. The van der Waals surface area contributed by atoms with Crippen molar-refractivity contribution in [3.05, 3.63) is 30.1 Å². The summed E-state index contributed by atoms with van der Waals surface area (Å²) >= 11 is 1.72. The van der Waals surface area contributed by atoms with Crippen molar-refractivity contribution in [1.29, 1.82) is 0 Å². The molecule has 0 bridgehead atoms. The number of likely N-dealkylation sites (tertiary alicyclic amines) is 1. The molecular weight excluding hydrogens is 280 g/mol. The van der Waals surface area contributed by atoms with Crippen LogP contribution in [-0.2, 0) is 10.5 Å². The predicted molar refractivity (Wildman–Crippen MR) is 85.0 cm³/mol. The molecule has 4 heteroatoms. The van der Waals surface area contributed by atoms with Crippen LogP contribution in [0.5, 0.6) is 0 Å². The van der Waals surface area contributed by atoms with Crippen molar-refractivity contribution >= 4 is 17.7 Å². The summed E-state index contributed by atoms with van der Waals surface area (Å²) in [6, 6.07) is 4.03. The van der Waals surface area contributed by atoms with Gasteiger partial charge >= 0.3 is 0 Å². The number of thioether (sulfide) groups is 1. The zero-order chi connectivity index (χ0) is 14.3. The summed E-state index contributed by atoms with van der Waals surface area (Å²) in [7, 11) is 0. The summed E-state index contributed by atoms with van der Waals surface area (Å²) in [6.45, 7) is 1.04.